The molecule has 1 heterocycles. The number of fused-ring (bicyclic) bond motifs is 5. The lowest BCUT2D eigenvalue weighted by molar-refractivity contribution is -0.205. The molecule has 0 saturated heterocycles. The number of aliphatic hydroxyl groups is 1. The second kappa shape index (κ2) is 10.2. The number of nitrogens with one attached hydrogen (secondary N) is 2. The second-order valence-electron chi connectivity index (χ2n) is 14.1. The Labute approximate surface area is 232 Å². The van der Waals surface area contributed by atoms with Gasteiger partial charge in [0, 0.05) is 23.6 Å². The zero-order chi connectivity index (χ0) is 27.4. The Kier molecular flexibility index (Phi) is 7.15. The molecule has 3 N–H and O–H groups in total. The van der Waals surface area contributed by atoms with Crippen LogP contribution in [0.5, 0.6) is 0 Å². The minimum Gasteiger partial charge on any atom is -0.446 e. The first-order valence-corrected chi connectivity index (χ1v) is 15.6. The molecular weight excluding hydrogens is 492 g/mol. The molecule has 0 radical (unpaired) electrons. The zero-order valence-electron chi connectivity index (χ0n) is 24.0. The predicted molar refractivity (Wildman–Crippen MR) is 149 cm³/mol. The molecule has 8 atom stereocenters. The van der Waals surface area contributed by atoms with Crippen molar-refractivity contribution in [2.75, 3.05) is 7.05 Å². The lowest BCUT2D eigenvalue weighted by atomic mass is 9.43. The van der Waals surface area contributed by atoms with Crippen molar-refractivity contribution in [3.05, 3.63) is 34.4 Å². The fraction of sp³-hybridized carbons (Fsp3) is 0.812. The van der Waals surface area contributed by atoms with Crippen molar-refractivity contribution >= 4 is 6.09 Å². The Morgan fingerprint density at radius 3 is 2.44 bits per heavy atom. The quantitative estimate of drug-likeness (QED) is 0.466. The van der Waals surface area contributed by atoms with Crippen LogP contribution in [0.2, 0.25) is 0 Å². The van der Waals surface area contributed by atoms with Crippen LogP contribution in [0.25, 0.3) is 0 Å². The van der Waals surface area contributed by atoms with Gasteiger partial charge in [-0.3, -0.25) is 0 Å². The molecule has 0 aliphatic heterocycles. The molecule has 0 aromatic carbocycles. The van der Waals surface area contributed by atoms with Crippen LogP contribution in [-0.2, 0) is 4.74 Å². The molecular formula is C32H48N2O5. The molecule has 216 valence electrons. The monoisotopic (exact) mass is 540 g/mol. The fourth-order valence-corrected chi connectivity index (χ4v) is 10.3. The number of carbonyl (C=O) groups is 1. The molecule has 5 saturated carbocycles. The smallest absolute Gasteiger partial charge is 0.407 e. The maximum atomic E-state index is 12.8. The molecule has 39 heavy (non-hydrogen) atoms. The van der Waals surface area contributed by atoms with E-state index < -0.39 is 5.60 Å². The maximum Gasteiger partial charge on any atom is 0.407 e. The number of alkyl carbamates (subject to hydrolysis) is 1. The number of ether oxygens (including phenoxy) is 1. The number of rotatable bonds is 4. The van der Waals surface area contributed by atoms with Gasteiger partial charge in [0.15, 0.2) is 0 Å². The Hall–Kier alpha value is -1.86. The molecule has 1 aromatic heterocycles. The molecule has 0 spiro atoms. The van der Waals surface area contributed by atoms with Crippen LogP contribution in [0.4, 0.5) is 4.79 Å². The topological polar surface area (TPSA) is 101 Å². The van der Waals surface area contributed by atoms with Crippen molar-refractivity contribution in [1.29, 1.82) is 0 Å². The van der Waals surface area contributed by atoms with Gasteiger partial charge in [-0.25, -0.2) is 9.59 Å². The standard InChI is InChI=1S/C32H48N2O5/c1-30-15-12-24(39-29(36)34-23-8-6-22(33-3)7-9-23)18-21(30)5-10-27-26(30)13-16-31(2)25(14-17-32(27,31)37)20-4-11-28(35)38-19-20/h4,11,19,21-27,33,37H,5-10,12-18H2,1-3H3,(H,34,36)/t21-,22?,23?,24+,25-,26+,27-,30+,31-,32+/m1/s1. The summed E-state index contributed by atoms with van der Waals surface area (Å²) in [6.45, 7) is 4.75. The Balaban J connectivity index is 1.10. The molecule has 7 nitrogen and oxygen atoms in total. The van der Waals surface area contributed by atoms with E-state index in [1.54, 1.807) is 6.26 Å². The average molecular weight is 541 g/mol. The van der Waals surface area contributed by atoms with Crippen LogP contribution in [0.15, 0.2) is 27.6 Å². The van der Waals surface area contributed by atoms with Gasteiger partial charge in [0.1, 0.15) is 6.10 Å². The zero-order valence-corrected chi connectivity index (χ0v) is 24.0. The number of hydrogen-bond acceptors (Lipinski definition) is 6. The summed E-state index contributed by atoms with van der Waals surface area (Å²) in [7, 11) is 2.01. The van der Waals surface area contributed by atoms with Gasteiger partial charge in [-0.2, -0.15) is 0 Å². The van der Waals surface area contributed by atoms with E-state index >= 15 is 0 Å². The highest BCUT2D eigenvalue weighted by atomic mass is 16.6. The Morgan fingerprint density at radius 1 is 0.949 bits per heavy atom. The van der Waals surface area contributed by atoms with Gasteiger partial charge in [-0.05, 0) is 131 Å². The third-order valence-electron chi connectivity index (χ3n) is 12.7. The number of amides is 1. The van der Waals surface area contributed by atoms with Crippen LogP contribution < -0.4 is 16.3 Å². The third kappa shape index (κ3) is 4.56. The van der Waals surface area contributed by atoms with E-state index in [0.717, 1.165) is 89.0 Å². The van der Waals surface area contributed by atoms with E-state index in [-0.39, 0.29) is 40.6 Å². The van der Waals surface area contributed by atoms with Crippen molar-refractivity contribution in [1.82, 2.24) is 10.6 Å². The molecule has 1 aromatic rings. The van der Waals surface area contributed by atoms with E-state index in [1.807, 2.05) is 13.1 Å². The largest absolute Gasteiger partial charge is 0.446 e. The van der Waals surface area contributed by atoms with Gasteiger partial charge >= 0.3 is 11.7 Å². The lowest BCUT2D eigenvalue weighted by Crippen LogP contribution is -2.62. The minimum atomic E-state index is -0.690. The molecule has 7 heteroatoms. The van der Waals surface area contributed by atoms with Gasteiger partial charge < -0.3 is 24.9 Å². The number of carbonyl (C=O) groups excluding carboxylic acids is 1. The van der Waals surface area contributed by atoms with Crippen LogP contribution in [0, 0.1) is 28.6 Å². The molecule has 6 rings (SSSR count). The summed E-state index contributed by atoms with van der Waals surface area (Å²) in [5.74, 6) is 1.55. The third-order valence-corrected chi connectivity index (χ3v) is 12.7. The molecule has 1 amide bonds. The molecule has 5 fully saturated rings. The second-order valence-corrected chi connectivity index (χ2v) is 14.1. The lowest BCUT2D eigenvalue weighted by Gasteiger charge is -2.63. The van der Waals surface area contributed by atoms with Crippen LogP contribution in [0.1, 0.15) is 109 Å². The van der Waals surface area contributed by atoms with E-state index in [1.165, 1.54) is 6.07 Å². The summed E-state index contributed by atoms with van der Waals surface area (Å²) >= 11 is 0. The molecule has 0 bridgehead atoms. The summed E-state index contributed by atoms with van der Waals surface area (Å²) in [4.78, 5) is 24.3. The normalized spacial score (nSPS) is 45.5. The highest BCUT2D eigenvalue weighted by Gasteiger charge is 2.67. The molecule has 0 unspecified atom stereocenters. The van der Waals surface area contributed by atoms with Crippen molar-refractivity contribution in [2.24, 2.45) is 28.6 Å². The van der Waals surface area contributed by atoms with Gasteiger partial charge in [0.05, 0.1) is 11.9 Å². The van der Waals surface area contributed by atoms with Crippen LogP contribution >= 0.6 is 0 Å². The summed E-state index contributed by atoms with van der Waals surface area (Å²) < 4.78 is 11.2. The SMILES string of the molecule is CNC1CCC(NC(=O)O[C@H]2CC[C@@]3(C)[C@H](CC[C@@H]4[C@@H]3CC[C@]3(C)[C@@H](c5ccc(=O)oc5)CC[C@]43O)C2)CC1. The van der Waals surface area contributed by atoms with E-state index in [4.69, 9.17) is 9.15 Å². The van der Waals surface area contributed by atoms with Crippen molar-refractivity contribution in [3.8, 4) is 0 Å². The van der Waals surface area contributed by atoms with Gasteiger partial charge in [0.25, 0.3) is 0 Å². The van der Waals surface area contributed by atoms with Crippen molar-refractivity contribution in [3.63, 3.8) is 0 Å². The van der Waals surface area contributed by atoms with Crippen LogP contribution in [0.3, 0.4) is 0 Å². The first-order valence-electron chi connectivity index (χ1n) is 15.6. The maximum absolute atomic E-state index is 12.8. The van der Waals surface area contributed by atoms with Gasteiger partial charge in [0.2, 0.25) is 0 Å². The van der Waals surface area contributed by atoms with Crippen LogP contribution in [-0.4, -0.2) is 42.0 Å². The van der Waals surface area contributed by atoms with Crippen molar-refractivity contribution in [2.45, 2.75) is 127 Å². The highest BCUT2D eigenvalue weighted by Crippen LogP contribution is 2.70. The predicted octanol–water partition coefficient (Wildman–Crippen LogP) is 5.51. The Morgan fingerprint density at radius 2 is 1.72 bits per heavy atom. The van der Waals surface area contributed by atoms with E-state index in [9.17, 15) is 14.7 Å². The molecule has 5 aliphatic carbocycles. The van der Waals surface area contributed by atoms with E-state index in [0.29, 0.717) is 23.8 Å². The highest BCUT2D eigenvalue weighted by molar-refractivity contribution is 5.67. The summed E-state index contributed by atoms with van der Waals surface area (Å²) in [6, 6.07) is 4.22. The Bertz CT molecular complexity index is 1090. The van der Waals surface area contributed by atoms with E-state index in [2.05, 4.69) is 24.5 Å². The summed E-state index contributed by atoms with van der Waals surface area (Å²) in [5, 5.41) is 18.9. The molecule has 5 aliphatic rings. The van der Waals surface area contributed by atoms with Gasteiger partial charge in [-0.15, -0.1) is 0 Å². The summed E-state index contributed by atoms with van der Waals surface area (Å²) in [6.07, 6.45) is 14.5. The summed E-state index contributed by atoms with van der Waals surface area (Å²) in [5.41, 5.74) is 0.0179. The van der Waals surface area contributed by atoms with Gasteiger partial charge in [-0.1, -0.05) is 13.8 Å². The van der Waals surface area contributed by atoms with Crippen molar-refractivity contribution < 1.29 is 19.1 Å². The number of hydrogen-bond donors (Lipinski definition) is 3. The average Bonchev–Trinajstić information content (AvgIpc) is 3.21. The first kappa shape index (κ1) is 27.3. The fourth-order valence-electron chi connectivity index (χ4n) is 10.3. The first-order chi connectivity index (χ1) is 18.7. The minimum absolute atomic E-state index is 0.00573.